The molecule has 0 fully saturated rings. The first-order valence-corrected chi connectivity index (χ1v) is 8.08. The first-order chi connectivity index (χ1) is 11.0. The molecule has 0 heterocycles. The van der Waals surface area contributed by atoms with Crippen molar-refractivity contribution < 1.29 is 9.29 Å². The lowest BCUT2D eigenvalue weighted by molar-refractivity contribution is -0.860. The number of nitrogens with one attached hydrogen (secondary N) is 3. The van der Waals surface area contributed by atoms with Crippen LogP contribution in [-0.2, 0) is 6.54 Å². The number of hydrogen-bond donors (Lipinski definition) is 3. The van der Waals surface area contributed by atoms with Gasteiger partial charge in [-0.05, 0) is 35.5 Å². The topological polar surface area (TPSA) is 28.5 Å². The van der Waals surface area contributed by atoms with E-state index in [9.17, 15) is 4.39 Å². The Labute approximate surface area is 142 Å². The highest BCUT2D eigenvalue weighted by Gasteiger charge is 2.15. The second-order valence-corrected chi connectivity index (χ2v) is 6.24. The van der Waals surface area contributed by atoms with Crippen molar-refractivity contribution in [2.75, 3.05) is 20.6 Å². The summed E-state index contributed by atoms with van der Waals surface area (Å²) in [6, 6.07) is 16.8. The van der Waals surface area contributed by atoms with Gasteiger partial charge in [0.2, 0.25) is 0 Å². The summed E-state index contributed by atoms with van der Waals surface area (Å²) in [5.41, 5.74) is 2.20. The zero-order valence-corrected chi connectivity index (χ0v) is 14.3. The van der Waals surface area contributed by atoms with Gasteiger partial charge in [0.05, 0.1) is 14.1 Å². The van der Waals surface area contributed by atoms with Crippen LogP contribution < -0.4 is 15.5 Å². The van der Waals surface area contributed by atoms with Crippen LogP contribution >= 0.6 is 12.2 Å². The number of hydrogen-bond acceptors (Lipinski definition) is 1. The second kappa shape index (κ2) is 8.60. The van der Waals surface area contributed by atoms with Crippen LogP contribution in [0.5, 0.6) is 0 Å². The van der Waals surface area contributed by atoms with Crippen molar-refractivity contribution in [3.63, 3.8) is 0 Å². The van der Waals surface area contributed by atoms with Gasteiger partial charge in [0.25, 0.3) is 0 Å². The van der Waals surface area contributed by atoms with Gasteiger partial charge in [-0.25, -0.2) is 4.39 Å². The van der Waals surface area contributed by atoms with E-state index in [1.807, 2.05) is 18.2 Å². The summed E-state index contributed by atoms with van der Waals surface area (Å²) in [6.45, 7) is 1.49. The number of thiocarbonyl (C=S) groups is 1. The maximum atomic E-state index is 12.9. The molecular formula is C18H23FN3S+. The van der Waals surface area contributed by atoms with Crippen molar-refractivity contribution in [3.05, 3.63) is 71.5 Å². The summed E-state index contributed by atoms with van der Waals surface area (Å²) >= 11 is 5.40. The molecule has 0 spiro atoms. The Morgan fingerprint density at radius 2 is 1.74 bits per heavy atom. The molecule has 0 aliphatic heterocycles. The zero-order chi connectivity index (χ0) is 16.7. The largest absolute Gasteiger partial charge is 0.359 e. The predicted octanol–water partition coefficient (Wildman–Crippen LogP) is 1.68. The first kappa shape index (κ1) is 17.4. The van der Waals surface area contributed by atoms with Crippen molar-refractivity contribution in [1.82, 2.24) is 10.6 Å². The van der Waals surface area contributed by atoms with E-state index >= 15 is 0 Å². The van der Waals surface area contributed by atoms with Gasteiger partial charge in [-0.2, -0.15) is 0 Å². The normalized spacial score (nSPS) is 12.0. The monoisotopic (exact) mass is 332 g/mol. The molecule has 3 N–H and O–H groups in total. The Kier molecular flexibility index (Phi) is 6.50. The molecule has 0 radical (unpaired) electrons. The van der Waals surface area contributed by atoms with Crippen LogP contribution in [0, 0.1) is 5.82 Å². The van der Waals surface area contributed by atoms with Gasteiger partial charge in [0.1, 0.15) is 18.4 Å². The van der Waals surface area contributed by atoms with Crippen molar-refractivity contribution in [2.45, 2.75) is 12.6 Å². The van der Waals surface area contributed by atoms with Crippen LogP contribution in [0.1, 0.15) is 17.2 Å². The van der Waals surface area contributed by atoms with Gasteiger partial charge in [0, 0.05) is 6.54 Å². The summed E-state index contributed by atoms with van der Waals surface area (Å²) < 4.78 is 12.9. The Morgan fingerprint density at radius 1 is 1.09 bits per heavy atom. The van der Waals surface area contributed by atoms with Crippen LogP contribution in [0.25, 0.3) is 0 Å². The minimum Gasteiger partial charge on any atom is -0.359 e. The first-order valence-electron chi connectivity index (χ1n) is 7.67. The Hall–Kier alpha value is -1.98. The minimum atomic E-state index is -0.229. The minimum absolute atomic E-state index is 0.148. The van der Waals surface area contributed by atoms with Crippen molar-refractivity contribution >= 4 is 17.3 Å². The lowest BCUT2D eigenvalue weighted by Gasteiger charge is -2.22. The third-order valence-electron chi connectivity index (χ3n) is 3.49. The summed E-state index contributed by atoms with van der Waals surface area (Å²) in [4.78, 5) is 1.34. The highest BCUT2D eigenvalue weighted by Crippen LogP contribution is 2.10. The fourth-order valence-corrected chi connectivity index (χ4v) is 2.55. The molecule has 0 aromatic heterocycles. The van der Waals surface area contributed by atoms with Crippen molar-refractivity contribution in [3.8, 4) is 0 Å². The Morgan fingerprint density at radius 3 is 2.35 bits per heavy atom. The second-order valence-electron chi connectivity index (χ2n) is 5.83. The number of likely N-dealkylation sites (N-methyl/N-ethyl adjacent to an activating group) is 1. The number of benzene rings is 2. The smallest absolute Gasteiger partial charge is 0.167 e. The molecule has 0 aliphatic rings. The molecule has 5 heteroatoms. The van der Waals surface area contributed by atoms with Crippen LogP contribution in [0.3, 0.4) is 0 Å². The molecule has 2 aromatic carbocycles. The lowest BCUT2D eigenvalue weighted by atomic mass is 10.1. The van der Waals surface area contributed by atoms with E-state index in [2.05, 4.69) is 36.9 Å². The average molecular weight is 332 g/mol. The van der Waals surface area contributed by atoms with E-state index in [0.29, 0.717) is 11.7 Å². The molecule has 0 amide bonds. The van der Waals surface area contributed by atoms with Crippen LogP contribution in [-0.4, -0.2) is 25.8 Å². The predicted molar refractivity (Wildman–Crippen MR) is 95.8 cm³/mol. The molecule has 0 bridgehead atoms. The van der Waals surface area contributed by atoms with Crippen molar-refractivity contribution in [2.24, 2.45) is 0 Å². The van der Waals surface area contributed by atoms with Crippen molar-refractivity contribution in [1.29, 1.82) is 0 Å². The van der Waals surface area contributed by atoms with E-state index in [0.717, 1.165) is 12.1 Å². The lowest BCUT2D eigenvalue weighted by Crippen LogP contribution is -3.06. The molecule has 0 saturated carbocycles. The summed E-state index contributed by atoms with van der Waals surface area (Å²) in [7, 11) is 4.24. The third kappa shape index (κ3) is 5.96. The fraction of sp³-hybridized carbons (Fsp3) is 0.278. The molecule has 2 aromatic rings. The van der Waals surface area contributed by atoms with Gasteiger partial charge in [-0.1, -0.05) is 42.5 Å². The van der Waals surface area contributed by atoms with Gasteiger partial charge >= 0.3 is 0 Å². The molecule has 0 unspecified atom stereocenters. The Balaban J connectivity index is 1.93. The van der Waals surface area contributed by atoms with E-state index < -0.39 is 0 Å². The molecule has 0 aliphatic carbocycles. The molecular weight excluding hydrogens is 309 g/mol. The SMILES string of the molecule is C[NH+](C)C[C@H](NC(=S)NCc1ccc(F)cc1)c1ccccc1. The summed E-state index contributed by atoms with van der Waals surface area (Å²) in [6.07, 6.45) is 0. The number of halogens is 1. The highest BCUT2D eigenvalue weighted by atomic mass is 32.1. The summed E-state index contributed by atoms with van der Waals surface area (Å²) in [5.74, 6) is -0.229. The van der Waals surface area contributed by atoms with E-state index in [1.165, 1.54) is 22.6 Å². The summed E-state index contributed by atoms with van der Waals surface area (Å²) in [5, 5.41) is 7.15. The molecule has 3 nitrogen and oxygen atoms in total. The molecule has 2 rings (SSSR count). The Bertz CT molecular complexity index is 614. The van der Waals surface area contributed by atoms with Gasteiger partial charge < -0.3 is 15.5 Å². The van der Waals surface area contributed by atoms with E-state index in [-0.39, 0.29) is 11.9 Å². The van der Waals surface area contributed by atoms with E-state index in [4.69, 9.17) is 12.2 Å². The van der Waals surface area contributed by atoms with Crippen LogP contribution in [0.4, 0.5) is 4.39 Å². The maximum Gasteiger partial charge on any atom is 0.167 e. The molecule has 1 atom stereocenters. The third-order valence-corrected chi connectivity index (χ3v) is 3.75. The zero-order valence-electron chi connectivity index (χ0n) is 13.5. The number of rotatable bonds is 6. The maximum absolute atomic E-state index is 12.9. The van der Waals surface area contributed by atoms with Crippen LogP contribution in [0.15, 0.2) is 54.6 Å². The quantitative estimate of drug-likeness (QED) is 0.703. The van der Waals surface area contributed by atoms with Gasteiger partial charge in [-0.3, -0.25) is 0 Å². The average Bonchev–Trinajstić information content (AvgIpc) is 2.54. The van der Waals surface area contributed by atoms with Gasteiger partial charge in [-0.15, -0.1) is 0 Å². The van der Waals surface area contributed by atoms with Crippen LogP contribution in [0.2, 0.25) is 0 Å². The standard InChI is InChI=1S/C18H22FN3S/c1-22(2)13-17(15-6-4-3-5-7-15)21-18(23)20-12-14-8-10-16(19)11-9-14/h3-11,17H,12-13H2,1-2H3,(H2,20,21,23)/p+1/t17-/m0/s1. The van der Waals surface area contributed by atoms with Gasteiger partial charge in [0.15, 0.2) is 5.11 Å². The molecule has 122 valence electrons. The van der Waals surface area contributed by atoms with E-state index in [1.54, 1.807) is 12.1 Å². The molecule has 0 saturated heterocycles. The highest BCUT2D eigenvalue weighted by molar-refractivity contribution is 7.80. The number of quaternary nitrogens is 1. The fourth-order valence-electron chi connectivity index (χ4n) is 2.34. The molecule has 23 heavy (non-hydrogen) atoms.